The summed E-state index contributed by atoms with van der Waals surface area (Å²) in [6.07, 6.45) is 1.93. The molecular weight excluding hydrogens is 224 g/mol. The summed E-state index contributed by atoms with van der Waals surface area (Å²) in [5.41, 5.74) is 6.09. The molecule has 16 heavy (non-hydrogen) atoms. The van der Waals surface area contributed by atoms with E-state index in [1.807, 2.05) is 24.3 Å². The SMILES string of the molecule is N/C(=C/Cc1nc2ccccc2s1)C(=O)O. The topological polar surface area (TPSA) is 76.2 Å². The fraction of sp³-hybridized carbons (Fsp3) is 0.0909. The van der Waals surface area contributed by atoms with E-state index >= 15 is 0 Å². The molecule has 1 heterocycles. The molecule has 0 saturated carbocycles. The molecule has 0 spiro atoms. The van der Waals surface area contributed by atoms with E-state index in [0.29, 0.717) is 6.42 Å². The number of hydrogen-bond acceptors (Lipinski definition) is 4. The van der Waals surface area contributed by atoms with E-state index in [1.54, 1.807) is 11.3 Å². The van der Waals surface area contributed by atoms with Crippen LogP contribution in [0.3, 0.4) is 0 Å². The Bertz CT molecular complexity index is 527. The molecule has 0 aliphatic rings. The Morgan fingerprint density at radius 1 is 1.50 bits per heavy atom. The first kappa shape index (κ1) is 10.6. The molecule has 4 nitrogen and oxygen atoms in total. The van der Waals surface area contributed by atoms with Gasteiger partial charge in [-0.05, 0) is 18.2 Å². The monoisotopic (exact) mass is 234 g/mol. The standard InChI is InChI=1S/C11H10N2O2S/c12-7(11(14)15)5-6-10-13-8-3-1-2-4-9(8)16-10/h1-5H,6,12H2,(H,14,15)/b7-5+. The van der Waals surface area contributed by atoms with Crippen LogP contribution in [0.4, 0.5) is 0 Å². The average molecular weight is 234 g/mol. The van der Waals surface area contributed by atoms with Crippen molar-refractivity contribution in [3.8, 4) is 0 Å². The number of hydrogen-bond donors (Lipinski definition) is 2. The third kappa shape index (κ3) is 2.20. The van der Waals surface area contributed by atoms with Crippen molar-refractivity contribution in [2.75, 3.05) is 0 Å². The lowest BCUT2D eigenvalue weighted by molar-refractivity contribution is -0.132. The highest BCUT2D eigenvalue weighted by atomic mass is 32.1. The van der Waals surface area contributed by atoms with Gasteiger partial charge in [-0.25, -0.2) is 9.78 Å². The van der Waals surface area contributed by atoms with Gasteiger partial charge in [-0.3, -0.25) is 0 Å². The molecule has 2 rings (SSSR count). The van der Waals surface area contributed by atoms with E-state index in [0.717, 1.165) is 15.2 Å². The second kappa shape index (κ2) is 4.32. The van der Waals surface area contributed by atoms with Crippen molar-refractivity contribution in [3.05, 3.63) is 41.0 Å². The van der Waals surface area contributed by atoms with E-state index in [-0.39, 0.29) is 5.70 Å². The van der Waals surface area contributed by atoms with Crippen LogP contribution in [-0.2, 0) is 11.2 Å². The van der Waals surface area contributed by atoms with Crippen molar-refractivity contribution >= 4 is 27.5 Å². The largest absolute Gasteiger partial charge is 0.477 e. The number of carboxylic acid groups (broad SMARTS) is 1. The second-order valence-electron chi connectivity index (χ2n) is 3.24. The van der Waals surface area contributed by atoms with Gasteiger partial charge >= 0.3 is 5.97 Å². The molecular formula is C11H10N2O2S. The number of rotatable bonds is 3. The minimum Gasteiger partial charge on any atom is -0.477 e. The number of carboxylic acids is 1. The summed E-state index contributed by atoms with van der Waals surface area (Å²) >= 11 is 1.55. The Hall–Kier alpha value is -1.88. The van der Waals surface area contributed by atoms with Crippen LogP contribution in [-0.4, -0.2) is 16.1 Å². The molecule has 1 aromatic carbocycles. The first-order valence-corrected chi connectivity index (χ1v) is 5.52. The lowest BCUT2D eigenvalue weighted by atomic mass is 10.3. The number of fused-ring (bicyclic) bond motifs is 1. The van der Waals surface area contributed by atoms with Gasteiger partial charge in [0.25, 0.3) is 0 Å². The zero-order chi connectivity index (χ0) is 11.5. The number of nitrogens with zero attached hydrogens (tertiary/aromatic N) is 1. The summed E-state index contributed by atoms with van der Waals surface area (Å²) in [5.74, 6) is -1.10. The fourth-order valence-corrected chi connectivity index (χ4v) is 2.22. The Labute approximate surface area is 96.0 Å². The summed E-state index contributed by atoms with van der Waals surface area (Å²) < 4.78 is 1.10. The number of allylic oxidation sites excluding steroid dienone is 1. The third-order valence-corrected chi connectivity index (χ3v) is 3.14. The molecule has 0 fully saturated rings. The zero-order valence-electron chi connectivity index (χ0n) is 8.38. The number of aromatic nitrogens is 1. The number of nitrogens with two attached hydrogens (primary N) is 1. The third-order valence-electron chi connectivity index (χ3n) is 2.08. The molecule has 0 aliphatic heterocycles. The molecule has 0 unspecified atom stereocenters. The van der Waals surface area contributed by atoms with Gasteiger partial charge in [-0.1, -0.05) is 12.1 Å². The predicted octanol–water partition coefficient (Wildman–Crippen LogP) is 1.77. The number of thiazole rings is 1. The van der Waals surface area contributed by atoms with Crippen LogP contribution in [0.15, 0.2) is 36.0 Å². The number of para-hydroxylation sites is 1. The van der Waals surface area contributed by atoms with Gasteiger partial charge in [0.2, 0.25) is 0 Å². The summed E-state index contributed by atoms with van der Waals surface area (Å²) in [7, 11) is 0. The molecule has 0 saturated heterocycles. The van der Waals surface area contributed by atoms with Crippen LogP contribution in [0.5, 0.6) is 0 Å². The van der Waals surface area contributed by atoms with Gasteiger partial charge in [0.1, 0.15) is 5.70 Å². The minimum atomic E-state index is -1.10. The highest BCUT2D eigenvalue weighted by molar-refractivity contribution is 7.18. The molecule has 1 aromatic heterocycles. The molecule has 0 aliphatic carbocycles. The van der Waals surface area contributed by atoms with Crippen LogP contribution in [0, 0.1) is 0 Å². The lowest BCUT2D eigenvalue weighted by Crippen LogP contribution is -2.09. The molecule has 0 bridgehead atoms. The van der Waals surface area contributed by atoms with Gasteiger partial charge in [-0.2, -0.15) is 0 Å². The zero-order valence-corrected chi connectivity index (χ0v) is 9.20. The first-order valence-electron chi connectivity index (χ1n) is 4.70. The van der Waals surface area contributed by atoms with Crippen LogP contribution in [0.1, 0.15) is 5.01 Å². The fourth-order valence-electron chi connectivity index (χ4n) is 1.29. The molecule has 0 atom stereocenters. The molecule has 0 amide bonds. The summed E-state index contributed by atoms with van der Waals surface area (Å²) in [6.45, 7) is 0. The first-order chi connectivity index (χ1) is 7.66. The molecule has 0 radical (unpaired) electrons. The molecule has 82 valence electrons. The van der Waals surface area contributed by atoms with Crippen molar-refractivity contribution in [2.45, 2.75) is 6.42 Å². The predicted molar refractivity (Wildman–Crippen MR) is 63.2 cm³/mol. The molecule has 3 N–H and O–H groups in total. The Kier molecular flexibility index (Phi) is 2.87. The van der Waals surface area contributed by atoms with Gasteiger partial charge in [0, 0.05) is 6.42 Å². The Morgan fingerprint density at radius 3 is 2.94 bits per heavy atom. The average Bonchev–Trinajstić information content (AvgIpc) is 2.68. The Morgan fingerprint density at radius 2 is 2.25 bits per heavy atom. The van der Waals surface area contributed by atoms with Gasteiger partial charge in [0.15, 0.2) is 0 Å². The lowest BCUT2D eigenvalue weighted by Gasteiger charge is -1.91. The van der Waals surface area contributed by atoms with E-state index in [1.165, 1.54) is 6.08 Å². The van der Waals surface area contributed by atoms with Crippen molar-refractivity contribution in [1.29, 1.82) is 0 Å². The minimum absolute atomic E-state index is 0.140. The van der Waals surface area contributed by atoms with Crippen molar-refractivity contribution in [3.63, 3.8) is 0 Å². The van der Waals surface area contributed by atoms with Crippen LogP contribution < -0.4 is 5.73 Å². The van der Waals surface area contributed by atoms with Crippen LogP contribution >= 0.6 is 11.3 Å². The smallest absolute Gasteiger partial charge is 0.351 e. The maximum atomic E-state index is 10.5. The van der Waals surface area contributed by atoms with E-state index in [4.69, 9.17) is 10.8 Å². The van der Waals surface area contributed by atoms with Crippen molar-refractivity contribution in [1.82, 2.24) is 4.98 Å². The van der Waals surface area contributed by atoms with Crippen molar-refractivity contribution < 1.29 is 9.90 Å². The van der Waals surface area contributed by atoms with Gasteiger partial charge in [-0.15, -0.1) is 11.3 Å². The highest BCUT2D eigenvalue weighted by Gasteiger charge is 2.04. The maximum absolute atomic E-state index is 10.5. The highest BCUT2D eigenvalue weighted by Crippen LogP contribution is 2.21. The van der Waals surface area contributed by atoms with E-state index < -0.39 is 5.97 Å². The summed E-state index contributed by atoms with van der Waals surface area (Å²) in [4.78, 5) is 14.9. The quantitative estimate of drug-likeness (QED) is 0.793. The molecule has 2 aromatic rings. The summed E-state index contributed by atoms with van der Waals surface area (Å²) in [5, 5.41) is 9.46. The van der Waals surface area contributed by atoms with E-state index in [9.17, 15) is 4.79 Å². The number of aliphatic carboxylic acids is 1. The van der Waals surface area contributed by atoms with Crippen molar-refractivity contribution in [2.24, 2.45) is 5.73 Å². The normalized spacial score (nSPS) is 11.9. The molecule has 5 heteroatoms. The maximum Gasteiger partial charge on any atom is 0.351 e. The Balaban J connectivity index is 2.22. The van der Waals surface area contributed by atoms with Crippen LogP contribution in [0.25, 0.3) is 10.2 Å². The second-order valence-corrected chi connectivity index (χ2v) is 4.36. The van der Waals surface area contributed by atoms with Gasteiger partial charge in [0.05, 0.1) is 15.2 Å². The van der Waals surface area contributed by atoms with E-state index in [2.05, 4.69) is 4.98 Å². The summed E-state index contributed by atoms with van der Waals surface area (Å²) in [6, 6.07) is 7.79. The van der Waals surface area contributed by atoms with Crippen LogP contribution in [0.2, 0.25) is 0 Å². The van der Waals surface area contributed by atoms with Gasteiger partial charge < -0.3 is 10.8 Å². The number of benzene rings is 1. The number of carbonyl (C=O) groups is 1.